The van der Waals surface area contributed by atoms with Crippen molar-refractivity contribution in [1.29, 1.82) is 0 Å². The van der Waals surface area contributed by atoms with Gasteiger partial charge < -0.3 is 19.6 Å². The number of allylic oxidation sites excluding steroid dienone is 2. The lowest BCUT2D eigenvalue weighted by Crippen LogP contribution is -2.62. The van der Waals surface area contributed by atoms with Crippen LogP contribution in [-0.2, 0) is 23.4 Å². The second-order valence-corrected chi connectivity index (χ2v) is 11.7. The van der Waals surface area contributed by atoms with Crippen LogP contribution in [0.4, 0.5) is 0 Å². The zero-order chi connectivity index (χ0) is 22.6. The fourth-order valence-electron chi connectivity index (χ4n) is 7.83. The van der Waals surface area contributed by atoms with E-state index in [9.17, 15) is 19.3 Å². The number of fused-ring (bicyclic) bond motifs is 3. The molecule has 3 saturated carbocycles. The summed E-state index contributed by atoms with van der Waals surface area (Å²) in [6.45, 7) is 5.04. The van der Waals surface area contributed by atoms with Crippen LogP contribution in [0.15, 0.2) is 23.8 Å². The molecule has 2 unspecified atom stereocenters. The van der Waals surface area contributed by atoms with Gasteiger partial charge in [0.1, 0.15) is 17.8 Å². The van der Waals surface area contributed by atoms with Gasteiger partial charge in [-0.3, -0.25) is 14.1 Å². The molecule has 1 heterocycles. The molecule has 0 aromatic carbocycles. The number of hydrogen-bond acceptors (Lipinski definition) is 6. The van der Waals surface area contributed by atoms with Crippen LogP contribution in [0.25, 0.3) is 0 Å². The van der Waals surface area contributed by atoms with Crippen molar-refractivity contribution in [3.05, 3.63) is 23.8 Å². The van der Waals surface area contributed by atoms with Crippen molar-refractivity contribution in [2.24, 2.45) is 28.6 Å². The molecule has 0 bridgehead atoms. The number of rotatable bonds is 4. The van der Waals surface area contributed by atoms with Crippen LogP contribution in [0, 0.1) is 28.6 Å². The van der Waals surface area contributed by atoms with Crippen molar-refractivity contribution in [2.75, 3.05) is 6.61 Å². The molecule has 0 aromatic rings. The molecule has 1 aliphatic heterocycles. The number of epoxide rings is 1. The predicted molar refractivity (Wildman–Crippen MR) is 109 cm³/mol. The third kappa shape index (κ3) is 2.58. The highest BCUT2D eigenvalue weighted by Crippen LogP contribution is 2.76. The lowest BCUT2D eigenvalue weighted by Gasteiger charge is -2.55. The molecule has 0 amide bonds. The first kappa shape index (κ1) is 21.7. The second kappa shape index (κ2) is 6.25. The number of Topliss-reactive ketones (excluding diaryl/α,β-unsaturated/α-hetero) is 1. The van der Waals surface area contributed by atoms with Crippen molar-refractivity contribution >= 4 is 19.4 Å². The van der Waals surface area contributed by atoms with E-state index in [0.29, 0.717) is 12.8 Å². The highest BCUT2D eigenvalue weighted by Gasteiger charge is 2.81. The van der Waals surface area contributed by atoms with E-state index in [0.717, 1.165) is 18.4 Å². The van der Waals surface area contributed by atoms with E-state index in [4.69, 9.17) is 14.5 Å². The number of ketones is 2. The van der Waals surface area contributed by atoms with Gasteiger partial charge in [-0.15, -0.1) is 0 Å². The minimum absolute atomic E-state index is 0.000288. The predicted octanol–water partition coefficient (Wildman–Crippen LogP) is 2.08. The fraction of sp³-hybridized carbons (Fsp3) is 0.727. The van der Waals surface area contributed by atoms with Crippen molar-refractivity contribution < 1.29 is 38.3 Å². The standard InChI is InChI=1S/C22H29O8P/c1-12-8-16-15-5-4-13-9-14(23)6-7-19(13,2)22(15)18(30-22)10-20(16,3)21(12,25)17(24)11-29-31(26,27)28/h6-7,9,12,15-16,18,25H,4-5,8,10-11H2,1-3H3,(H2,26,27,28)/t12-,15-,16-,18?,19-,20-,21-,22?/m0/s1. The van der Waals surface area contributed by atoms with Gasteiger partial charge in [-0.25, -0.2) is 4.57 Å². The van der Waals surface area contributed by atoms with Gasteiger partial charge in [-0.2, -0.15) is 0 Å². The molecule has 8 atom stereocenters. The number of hydrogen-bond donors (Lipinski definition) is 3. The quantitative estimate of drug-likeness (QED) is 0.436. The third-order valence-corrected chi connectivity index (χ3v) is 9.77. The topological polar surface area (TPSA) is 134 Å². The maximum absolute atomic E-state index is 13.1. The summed E-state index contributed by atoms with van der Waals surface area (Å²) in [5, 5.41) is 11.7. The first-order chi connectivity index (χ1) is 14.3. The Hall–Kier alpha value is -1.15. The number of carbonyl (C=O) groups is 2. The number of ether oxygens (including phenoxy) is 1. The monoisotopic (exact) mass is 452 g/mol. The average Bonchev–Trinajstić information content (AvgIpc) is 3.36. The zero-order valence-corrected chi connectivity index (χ0v) is 18.8. The summed E-state index contributed by atoms with van der Waals surface area (Å²) in [7, 11) is -4.82. The summed E-state index contributed by atoms with van der Waals surface area (Å²) in [6, 6.07) is 0. The van der Waals surface area contributed by atoms with E-state index >= 15 is 0 Å². The van der Waals surface area contributed by atoms with E-state index < -0.39 is 36.8 Å². The van der Waals surface area contributed by atoms with Crippen LogP contribution in [-0.4, -0.2) is 50.4 Å². The van der Waals surface area contributed by atoms with Gasteiger partial charge in [-0.05, 0) is 62.5 Å². The van der Waals surface area contributed by atoms with E-state index in [2.05, 4.69) is 11.4 Å². The largest absolute Gasteiger partial charge is 0.470 e. The lowest BCUT2D eigenvalue weighted by molar-refractivity contribution is -0.165. The molecule has 3 N–H and O–H groups in total. The van der Waals surface area contributed by atoms with Crippen LogP contribution < -0.4 is 0 Å². The SMILES string of the molecule is C[C@H]1C[C@H]2[C@@H]3CCC4=CC(=O)C=C[C@]4(C)C34OC4C[C@]2(C)[C@@]1(O)C(=O)COP(=O)(O)O. The van der Waals surface area contributed by atoms with Gasteiger partial charge in [0.15, 0.2) is 11.6 Å². The Morgan fingerprint density at radius 1 is 1.32 bits per heavy atom. The van der Waals surface area contributed by atoms with E-state index in [-0.39, 0.29) is 35.1 Å². The highest BCUT2D eigenvalue weighted by atomic mass is 31.2. The van der Waals surface area contributed by atoms with E-state index in [1.54, 1.807) is 12.2 Å². The Kier molecular flexibility index (Phi) is 4.37. The minimum Gasteiger partial charge on any atom is -0.381 e. The van der Waals surface area contributed by atoms with Crippen molar-refractivity contribution in [2.45, 2.75) is 63.8 Å². The smallest absolute Gasteiger partial charge is 0.381 e. The first-order valence-corrected chi connectivity index (χ1v) is 12.4. The van der Waals surface area contributed by atoms with Crippen LogP contribution >= 0.6 is 7.82 Å². The highest BCUT2D eigenvalue weighted by molar-refractivity contribution is 7.46. The van der Waals surface area contributed by atoms with Gasteiger partial charge in [0.2, 0.25) is 0 Å². The van der Waals surface area contributed by atoms with Gasteiger partial charge in [0.25, 0.3) is 0 Å². The maximum atomic E-state index is 13.1. The van der Waals surface area contributed by atoms with Crippen LogP contribution in [0.5, 0.6) is 0 Å². The molecule has 0 aromatic heterocycles. The maximum Gasteiger partial charge on any atom is 0.470 e. The van der Waals surface area contributed by atoms with Gasteiger partial charge >= 0.3 is 7.82 Å². The van der Waals surface area contributed by atoms with Crippen molar-refractivity contribution in [3.63, 3.8) is 0 Å². The lowest BCUT2D eigenvalue weighted by atomic mass is 9.46. The molecule has 1 spiro atoms. The van der Waals surface area contributed by atoms with E-state index in [1.807, 2.05) is 19.9 Å². The van der Waals surface area contributed by atoms with Crippen LogP contribution in [0.1, 0.15) is 46.5 Å². The molecular formula is C22H29O8P. The Labute approximate surface area is 180 Å². The average molecular weight is 452 g/mol. The molecule has 1 saturated heterocycles. The zero-order valence-electron chi connectivity index (χ0n) is 17.9. The van der Waals surface area contributed by atoms with Crippen molar-refractivity contribution in [1.82, 2.24) is 0 Å². The van der Waals surface area contributed by atoms with Crippen molar-refractivity contribution in [3.8, 4) is 0 Å². The molecular weight excluding hydrogens is 423 g/mol. The van der Waals surface area contributed by atoms with Gasteiger partial charge in [0, 0.05) is 10.8 Å². The van der Waals surface area contributed by atoms with Gasteiger partial charge in [-0.1, -0.05) is 25.5 Å². The molecule has 170 valence electrons. The minimum atomic E-state index is -4.82. The van der Waals surface area contributed by atoms with Crippen LogP contribution in [0.2, 0.25) is 0 Å². The summed E-state index contributed by atoms with van der Waals surface area (Å²) >= 11 is 0. The molecule has 5 aliphatic rings. The Morgan fingerprint density at radius 2 is 2.03 bits per heavy atom. The normalized spacial score (nSPS) is 50.1. The van der Waals surface area contributed by atoms with Crippen LogP contribution in [0.3, 0.4) is 0 Å². The number of carbonyl (C=O) groups excluding carboxylic acids is 2. The summed E-state index contributed by atoms with van der Waals surface area (Å²) < 4.78 is 22.0. The Bertz CT molecular complexity index is 982. The fourth-order valence-corrected chi connectivity index (χ4v) is 8.12. The molecule has 4 aliphatic carbocycles. The molecule has 8 nitrogen and oxygen atoms in total. The Balaban J connectivity index is 1.50. The summed E-state index contributed by atoms with van der Waals surface area (Å²) in [5.74, 6) is -0.942. The Morgan fingerprint density at radius 3 is 2.71 bits per heavy atom. The number of phosphoric ester groups is 1. The summed E-state index contributed by atoms with van der Waals surface area (Å²) in [6.07, 6.45) is 7.84. The molecule has 4 fully saturated rings. The number of aliphatic hydroxyl groups is 1. The molecule has 5 rings (SSSR count). The number of phosphoric acid groups is 1. The second-order valence-electron chi connectivity index (χ2n) is 10.5. The molecule has 9 heteroatoms. The summed E-state index contributed by atoms with van der Waals surface area (Å²) in [4.78, 5) is 43.1. The summed E-state index contributed by atoms with van der Waals surface area (Å²) in [5.41, 5.74) is -2.26. The molecule has 31 heavy (non-hydrogen) atoms. The first-order valence-electron chi connectivity index (χ1n) is 10.9. The molecule has 0 radical (unpaired) electrons. The van der Waals surface area contributed by atoms with Gasteiger partial charge in [0.05, 0.1) is 6.10 Å². The van der Waals surface area contributed by atoms with E-state index in [1.165, 1.54) is 0 Å². The third-order valence-electron chi connectivity index (χ3n) is 9.30.